The molecule has 29 heavy (non-hydrogen) atoms. The molecule has 0 bridgehead atoms. The predicted octanol–water partition coefficient (Wildman–Crippen LogP) is 4.72. The van der Waals surface area contributed by atoms with Crippen LogP contribution in [0.15, 0.2) is 72.1 Å². The number of hydrogen-bond acceptors (Lipinski definition) is 4. The molecule has 0 atom stereocenters. The number of piperidine rings is 1. The Kier molecular flexibility index (Phi) is 4.78. The largest absolute Gasteiger partial charge is 0.317 e. The quantitative estimate of drug-likeness (QED) is 0.792. The molecule has 0 saturated carbocycles. The number of carbonyl (C=O) groups excluding carboxylic acids is 1. The van der Waals surface area contributed by atoms with E-state index in [4.69, 9.17) is 0 Å². The number of fused-ring (bicyclic) bond motifs is 2. The number of carbonyl (C=O) groups is 1. The molecule has 3 aliphatic heterocycles. The third kappa shape index (κ3) is 3.63. The zero-order valence-corrected chi connectivity index (χ0v) is 17.2. The van der Waals surface area contributed by atoms with E-state index in [2.05, 4.69) is 28.5 Å². The maximum atomic E-state index is 13.2. The number of allylic oxidation sites excluding steroid dienone is 7. The highest BCUT2D eigenvalue weighted by Gasteiger charge is 2.23. The molecular formula is C24H23N3OS. The summed E-state index contributed by atoms with van der Waals surface area (Å²) in [5, 5.41) is 4.46. The van der Waals surface area contributed by atoms with Gasteiger partial charge >= 0.3 is 0 Å². The smallest absolute Gasteiger partial charge is 0.255 e. The first-order valence-electron chi connectivity index (χ1n) is 10.1. The highest BCUT2D eigenvalue weighted by molar-refractivity contribution is 7.18. The van der Waals surface area contributed by atoms with Gasteiger partial charge in [-0.05, 0) is 79.8 Å². The van der Waals surface area contributed by atoms with Gasteiger partial charge in [-0.1, -0.05) is 24.3 Å². The third-order valence-electron chi connectivity index (χ3n) is 5.70. The normalized spacial score (nSPS) is 24.8. The van der Waals surface area contributed by atoms with E-state index in [0.29, 0.717) is 5.92 Å². The molecule has 4 heterocycles. The summed E-state index contributed by atoms with van der Waals surface area (Å²) in [5.41, 5.74) is 5.13. The van der Waals surface area contributed by atoms with Crippen LogP contribution in [0.1, 0.15) is 23.4 Å². The Hall–Kier alpha value is -2.76. The number of aromatic nitrogens is 1. The first-order chi connectivity index (χ1) is 14.2. The molecular weight excluding hydrogens is 378 g/mol. The van der Waals surface area contributed by atoms with E-state index < -0.39 is 0 Å². The van der Waals surface area contributed by atoms with Gasteiger partial charge in [0, 0.05) is 18.0 Å². The summed E-state index contributed by atoms with van der Waals surface area (Å²) in [7, 11) is 0. The van der Waals surface area contributed by atoms with Crippen LogP contribution in [0.2, 0.25) is 0 Å². The Morgan fingerprint density at radius 3 is 2.90 bits per heavy atom. The molecule has 1 amide bonds. The zero-order chi connectivity index (χ0) is 19.8. The van der Waals surface area contributed by atoms with Gasteiger partial charge in [0.25, 0.3) is 5.91 Å². The molecule has 0 aliphatic carbocycles. The number of benzene rings is 1. The second-order valence-corrected chi connectivity index (χ2v) is 8.90. The molecule has 3 aliphatic rings. The van der Waals surface area contributed by atoms with E-state index in [9.17, 15) is 4.79 Å². The van der Waals surface area contributed by atoms with Crippen LogP contribution >= 0.6 is 11.3 Å². The Labute approximate surface area is 174 Å². The lowest BCUT2D eigenvalue weighted by Crippen LogP contribution is -2.31. The zero-order valence-electron chi connectivity index (χ0n) is 16.4. The van der Waals surface area contributed by atoms with Crippen LogP contribution in [-0.4, -0.2) is 28.9 Å². The van der Waals surface area contributed by atoms with Crippen LogP contribution in [0.4, 0.5) is 0 Å². The number of amides is 1. The first-order valence-corrected chi connectivity index (χ1v) is 10.9. The average Bonchev–Trinajstić information content (AvgIpc) is 3.11. The van der Waals surface area contributed by atoms with Gasteiger partial charge in [-0.15, -0.1) is 11.3 Å². The van der Waals surface area contributed by atoms with Crippen LogP contribution in [0.5, 0.6) is 0 Å². The average molecular weight is 402 g/mol. The van der Waals surface area contributed by atoms with Crippen molar-refractivity contribution in [1.82, 2.24) is 15.2 Å². The molecule has 146 valence electrons. The molecule has 0 radical (unpaired) electrons. The van der Waals surface area contributed by atoms with Crippen LogP contribution < -0.4 is 5.32 Å². The van der Waals surface area contributed by atoms with Gasteiger partial charge in [-0.25, -0.2) is 4.98 Å². The molecule has 5 heteroatoms. The SMILES string of the molecule is Cc1nc2ccc(C3=C\C(=O)N4C=C(C5CCNCC5)C=C\C4=C/C=C/3)cc2s1. The van der Waals surface area contributed by atoms with Crippen LogP contribution in [-0.2, 0) is 4.79 Å². The molecule has 0 unspecified atom stereocenters. The van der Waals surface area contributed by atoms with Gasteiger partial charge in [0.15, 0.2) is 0 Å². The second-order valence-electron chi connectivity index (χ2n) is 7.66. The minimum absolute atomic E-state index is 0.00744. The Morgan fingerprint density at radius 1 is 1.17 bits per heavy atom. The van der Waals surface area contributed by atoms with E-state index >= 15 is 0 Å². The summed E-state index contributed by atoms with van der Waals surface area (Å²) in [6.07, 6.45) is 16.3. The van der Waals surface area contributed by atoms with Crippen molar-refractivity contribution in [2.45, 2.75) is 19.8 Å². The highest BCUT2D eigenvalue weighted by atomic mass is 32.1. The number of thiazole rings is 1. The summed E-state index contributed by atoms with van der Waals surface area (Å²) in [6.45, 7) is 4.10. The number of nitrogens with one attached hydrogen (secondary N) is 1. The number of nitrogens with zero attached hydrogens (tertiary/aromatic N) is 2. The molecule has 2 aromatic rings. The minimum Gasteiger partial charge on any atom is -0.317 e. The third-order valence-corrected chi connectivity index (χ3v) is 6.63. The highest BCUT2D eigenvalue weighted by Crippen LogP contribution is 2.31. The van der Waals surface area contributed by atoms with Crippen LogP contribution in [0.25, 0.3) is 15.8 Å². The Bertz CT molecular complexity index is 1130. The molecule has 0 spiro atoms. The predicted molar refractivity (Wildman–Crippen MR) is 119 cm³/mol. The maximum Gasteiger partial charge on any atom is 0.255 e. The van der Waals surface area contributed by atoms with Crippen LogP contribution in [0, 0.1) is 12.8 Å². The van der Waals surface area contributed by atoms with Crippen molar-refractivity contribution in [1.29, 1.82) is 0 Å². The summed E-state index contributed by atoms with van der Waals surface area (Å²) in [6, 6.07) is 6.21. The first kappa shape index (κ1) is 18.3. The van der Waals surface area contributed by atoms with Crippen molar-refractivity contribution in [3.63, 3.8) is 0 Å². The van der Waals surface area contributed by atoms with Gasteiger partial charge in [0.05, 0.1) is 15.2 Å². The standard InChI is InChI=1S/C24H23N3OS/c1-16-26-22-8-6-19(13-23(22)29-16)18-3-2-4-21-7-5-20(15-27(21)24(28)14-18)17-9-11-25-12-10-17/h2-8,13-15,17,25H,9-12H2,1H3/b3-2+,18-14+,21-4+. The monoisotopic (exact) mass is 401 g/mol. The summed E-state index contributed by atoms with van der Waals surface area (Å²) in [5.74, 6) is 0.509. The van der Waals surface area contributed by atoms with Crippen molar-refractivity contribution in [2.24, 2.45) is 5.92 Å². The van der Waals surface area contributed by atoms with E-state index in [-0.39, 0.29) is 5.91 Å². The summed E-state index contributed by atoms with van der Waals surface area (Å²) < 4.78 is 1.15. The number of hydrogen-bond donors (Lipinski definition) is 1. The molecule has 1 aromatic carbocycles. The molecule has 1 N–H and O–H groups in total. The van der Waals surface area contributed by atoms with E-state index in [1.807, 2.05) is 43.5 Å². The fraction of sp³-hybridized carbons (Fsp3) is 0.250. The fourth-order valence-corrected chi connectivity index (χ4v) is 5.02. The van der Waals surface area contributed by atoms with E-state index in [0.717, 1.165) is 58.0 Å². The van der Waals surface area contributed by atoms with Gasteiger partial charge in [-0.2, -0.15) is 0 Å². The molecule has 1 aromatic heterocycles. The van der Waals surface area contributed by atoms with Crippen LogP contribution in [0.3, 0.4) is 0 Å². The minimum atomic E-state index is -0.00744. The van der Waals surface area contributed by atoms with Gasteiger partial charge in [0.1, 0.15) is 0 Å². The van der Waals surface area contributed by atoms with E-state index in [1.165, 1.54) is 5.57 Å². The Morgan fingerprint density at radius 2 is 2.03 bits per heavy atom. The molecule has 5 rings (SSSR count). The summed E-state index contributed by atoms with van der Waals surface area (Å²) >= 11 is 1.68. The van der Waals surface area contributed by atoms with Crippen molar-refractivity contribution in [2.75, 3.05) is 13.1 Å². The van der Waals surface area contributed by atoms with Gasteiger partial charge in [0.2, 0.25) is 0 Å². The lowest BCUT2D eigenvalue weighted by molar-refractivity contribution is -0.122. The lowest BCUT2D eigenvalue weighted by Gasteiger charge is -2.29. The molecule has 1 fully saturated rings. The second kappa shape index (κ2) is 7.58. The van der Waals surface area contributed by atoms with Gasteiger partial charge in [-0.3, -0.25) is 9.69 Å². The topological polar surface area (TPSA) is 45.2 Å². The lowest BCUT2D eigenvalue weighted by atomic mass is 9.88. The molecule has 1 saturated heterocycles. The number of rotatable bonds is 2. The van der Waals surface area contributed by atoms with Crippen molar-refractivity contribution < 1.29 is 4.79 Å². The maximum absolute atomic E-state index is 13.2. The van der Waals surface area contributed by atoms with Gasteiger partial charge < -0.3 is 5.32 Å². The van der Waals surface area contributed by atoms with Crippen molar-refractivity contribution >= 4 is 33.0 Å². The van der Waals surface area contributed by atoms with E-state index in [1.54, 1.807) is 22.3 Å². The van der Waals surface area contributed by atoms with Crippen molar-refractivity contribution in [3.8, 4) is 0 Å². The number of aryl methyl sites for hydroxylation is 1. The Balaban J connectivity index is 1.48. The molecule has 4 nitrogen and oxygen atoms in total. The fourth-order valence-electron chi connectivity index (χ4n) is 4.15. The van der Waals surface area contributed by atoms with Crippen molar-refractivity contribution in [3.05, 3.63) is 82.7 Å². The summed E-state index contributed by atoms with van der Waals surface area (Å²) in [4.78, 5) is 19.5.